The molecule has 0 aliphatic rings. The van der Waals surface area contributed by atoms with Crippen molar-refractivity contribution < 1.29 is 4.42 Å². The Bertz CT molecular complexity index is 1170. The molecular formula is C23H25N5O2. The normalized spacial score (nSPS) is 11.4. The van der Waals surface area contributed by atoms with Gasteiger partial charge in [0, 0.05) is 50.3 Å². The lowest BCUT2D eigenvalue weighted by Crippen LogP contribution is -2.27. The first kappa shape index (κ1) is 20.0. The van der Waals surface area contributed by atoms with Crippen molar-refractivity contribution >= 4 is 11.0 Å². The maximum atomic E-state index is 13.1. The molecule has 0 radical (unpaired) electrons. The number of pyridine rings is 1. The molecule has 4 rings (SSSR count). The van der Waals surface area contributed by atoms with Gasteiger partial charge in [0.1, 0.15) is 5.58 Å². The number of hydrogen-bond donors (Lipinski definition) is 0. The van der Waals surface area contributed by atoms with Crippen molar-refractivity contribution in [3.8, 4) is 0 Å². The van der Waals surface area contributed by atoms with Gasteiger partial charge in [-0.15, -0.1) is 5.10 Å². The second-order valence-corrected chi connectivity index (χ2v) is 7.56. The lowest BCUT2D eigenvalue weighted by molar-refractivity contribution is 0.244. The van der Waals surface area contributed by atoms with Crippen LogP contribution >= 0.6 is 0 Å². The summed E-state index contributed by atoms with van der Waals surface area (Å²) in [6.45, 7) is 6.84. The molecule has 0 atom stereocenters. The average Bonchev–Trinajstić information content (AvgIpc) is 3.27. The molecule has 0 unspecified atom stereocenters. The smallest absolute Gasteiger partial charge is 0.197 e. The highest BCUT2D eigenvalue weighted by atomic mass is 16.3. The van der Waals surface area contributed by atoms with Crippen molar-refractivity contribution in [1.29, 1.82) is 0 Å². The minimum Gasteiger partial charge on any atom is -0.463 e. The van der Waals surface area contributed by atoms with Crippen LogP contribution in [-0.2, 0) is 19.6 Å². The Hall–Kier alpha value is -3.32. The van der Waals surface area contributed by atoms with E-state index >= 15 is 0 Å². The van der Waals surface area contributed by atoms with Crippen molar-refractivity contribution in [3.05, 3.63) is 87.8 Å². The van der Waals surface area contributed by atoms with Crippen LogP contribution in [0.4, 0.5) is 0 Å². The topological polar surface area (TPSA) is 77.1 Å². The zero-order valence-corrected chi connectivity index (χ0v) is 17.3. The van der Waals surface area contributed by atoms with Gasteiger partial charge in [-0.1, -0.05) is 11.3 Å². The molecule has 0 saturated heterocycles. The summed E-state index contributed by atoms with van der Waals surface area (Å²) in [5.41, 5.74) is 4.66. The van der Waals surface area contributed by atoms with Crippen LogP contribution in [0.5, 0.6) is 0 Å². The van der Waals surface area contributed by atoms with Gasteiger partial charge in [0.2, 0.25) is 0 Å². The van der Waals surface area contributed by atoms with Crippen LogP contribution in [0.3, 0.4) is 0 Å². The fourth-order valence-electron chi connectivity index (χ4n) is 3.60. The SMILES string of the molecule is Cc1ccc2c(=O)c(CN(CCCn3ccnn3)Cc3ccncc3)coc2c1C. The number of rotatable bonds is 8. The van der Waals surface area contributed by atoms with Crippen molar-refractivity contribution in [3.63, 3.8) is 0 Å². The zero-order chi connectivity index (χ0) is 20.9. The largest absolute Gasteiger partial charge is 0.463 e. The molecule has 0 aliphatic heterocycles. The Labute approximate surface area is 175 Å². The average molecular weight is 403 g/mol. The molecule has 1 aromatic carbocycles. The quantitative estimate of drug-likeness (QED) is 0.448. The van der Waals surface area contributed by atoms with Gasteiger partial charge in [-0.25, -0.2) is 0 Å². The van der Waals surface area contributed by atoms with Crippen molar-refractivity contribution in [2.24, 2.45) is 0 Å². The number of hydrogen-bond acceptors (Lipinski definition) is 6. The maximum Gasteiger partial charge on any atom is 0.197 e. The van der Waals surface area contributed by atoms with Crippen LogP contribution in [-0.4, -0.2) is 31.4 Å². The van der Waals surface area contributed by atoms with Gasteiger partial charge in [0.15, 0.2) is 5.43 Å². The Kier molecular flexibility index (Phi) is 5.99. The molecule has 3 aromatic heterocycles. The lowest BCUT2D eigenvalue weighted by atomic mass is 10.0. The molecule has 7 heteroatoms. The highest BCUT2D eigenvalue weighted by molar-refractivity contribution is 5.81. The van der Waals surface area contributed by atoms with Crippen LogP contribution in [0.2, 0.25) is 0 Å². The molecule has 30 heavy (non-hydrogen) atoms. The van der Waals surface area contributed by atoms with Crippen LogP contribution in [0.25, 0.3) is 11.0 Å². The van der Waals surface area contributed by atoms with Gasteiger partial charge in [-0.2, -0.15) is 0 Å². The molecule has 0 spiro atoms. The first-order valence-electron chi connectivity index (χ1n) is 10.1. The van der Waals surface area contributed by atoms with E-state index in [-0.39, 0.29) is 5.43 Å². The van der Waals surface area contributed by atoms with Crippen LogP contribution < -0.4 is 5.43 Å². The van der Waals surface area contributed by atoms with Gasteiger partial charge in [-0.05, 0) is 55.2 Å². The molecular weight excluding hydrogens is 378 g/mol. The molecule has 0 fully saturated rings. The summed E-state index contributed by atoms with van der Waals surface area (Å²) in [5, 5.41) is 8.51. The first-order valence-corrected chi connectivity index (χ1v) is 10.1. The Balaban J connectivity index is 1.56. The summed E-state index contributed by atoms with van der Waals surface area (Å²) in [5.74, 6) is 0. The number of fused-ring (bicyclic) bond motifs is 1. The fraction of sp³-hybridized carbons (Fsp3) is 0.304. The van der Waals surface area contributed by atoms with E-state index in [1.54, 1.807) is 24.9 Å². The summed E-state index contributed by atoms with van der Waals surface area (Å²) >= 11 is 0. The monoisotopic (exact) mass is 403 g/mol. The molecule has 0 amide bonds. The number of benzene rings is 1. The summed E-state index contributed by atoms with van der Waals surface area (Å²) in [7, 11) is 0. The third kappa shape index (κ3) is 4.46. The van der Waals surface area contributed by atoms with E-state index < -0.39 is 0 Å². The van der Waals surface area contributed by atoms with Crippen molar-refractivity contribution in [2.75, 3.05) is 6.54 Å². The zero-order valence-electron chi connectivity index (χ0n) is 17.3. The Morgan fingerprint density at radius 2 is 1.90 bits per heavy atom. The number of aryl methyl sites for hydroxylation is 3. The highest BCUT2D eigenvalue weighted by Crippen LogP contribution is 2.20. The van der Waals surface area contributed by atoms with Crippen molar-refractivity contribution in [2.45, 2.75) is 39.9 Å². The van der Waals surface area contributed by atoms with Gasteiger partial charge in [-0.3, -0.25) is 19.4 Å². The molecule has 0 N–H and O–H groups in total. The maximum absolute atomic E-state index is 13.1. The number of nitrogens with zero attached hydrogens (tertiary/aromatic N) is 5. The van der Waals surface area contributed by atoms with Gasteiger partial charge in [0.05, 0.1) is 17.8 Å². The summed E-state index contributed by atoms with van der Waals surface area (Å²) in [4.78, 5) is 19.5. The van der Waals surface area contributed by atoms with Crippen LogP contribution in [0, 0.1) is 13.8 Å². The second-order valence-electron chi connectivity index (χ2n) is 7.56. The standard InChI is InChI=1S/C23H25N5O2/c1-17-4-5-21-22(29)20(16-30-23(21)18(17)2)15-27(14-19-6-8-24-9-7-19)11-3-12-28-13-10-25-26-28/h4-10,13,16H,3,11-12,14-15H2,1-2H3. The molecule has 0 aliphatic carbocycles. The van der Waals surface area contributed by atoms with E-state index in [0.717, 1.165) is 42.7 Å². The van der Waals surface area contributed by atoms with E-state index in [0.29, 0.717) is 23.1 Å². The lowest BCUT2D eigenvalue weighted by Gasteiger charge is -2.22. The van der Waals surface area contributed by atoms with Crippen LogP contribution in [0.1, 0.15) is 28.7 Å². The predicted octanol–water partition coefficient (Wildman–Crippen LogP) is 3.49. The predicted molar refractivity (Wildman–Crippen MR) is 115 cm³/mol. The fourth-order valence-corrected chi connectivity index (χ4v) is 3.60. The summed E-state index contributed by atoms with van der Waals surface area (Å²) < 4.78 is 7.71. The summed E-state index contributed by atoms with van der Waals surface area (Å²) in [6.07, 6.45) is 9.63. The Morgan fingerprint density at radius 1 is 1.07 bits per heavy atom. The van der Waals surface area contributed by atoms with Crippen LogP contribution in [0.15, 0.2) is 64.5 Å². The van der Waals surface area contributed by atoms with E-state index in [2.05, 4.69) is 20.2 Å². The van der Waals surface area contributed by atoms with E-state index in [4.69, 9.17) is 4.42 Å². The molecule has 3 heterocycles. The van der Waals surface area contributed by atoms with E-state index in [1.807, 2.05) is 49.0 Å². The highest BCUT2D eigenvalue weighted by Gasteiger charge is 2.14. The number of aromatic nitrogens is 4. The summed E-state index contributed by atoms with van der Waals surface area (Å²) in [6, 6.07) is 7.84. The van der Waals surface area contributed by atoms with Gasteiger partial charge < -0.3 is 4.42 Å². The van der Waals surface area contributed by atoms with E-state index in [9.17, 15) is 4.79 Å². The third-order valence-corrected chi connectivity index (χ3v) is 5.42. The molecule has 4 aromatic rings. The van der Waals surface area contributed by atoms with Crippen molar-refractivity contribution in [1.82, 2.24) is 24.9 Å². The van der Waals surface area contributed by atoms with E-state index in [1.165, 1.54) is 0 Å². The molecule has 154 valence electrons. The third-order valence-electron chi connectivity index (χ3n) is 5.42. The minimum atomic E-state index is 0.0374. The second kappa shape index (κ2) is 9.00. The first-order chi connectivity index (χ1) is 14.6. The minimum absolute atomic E-state index is 0.0374. The molecule has 0 bridgehead atoms. The van der Waals surface area contributed by atoms with Gasteiger partial charge >= 0.3 is 0 Å². The molecule has 0 saturated carbocycles. The van der Waals surface area contributed by atoms with Gasteiger partial charge in [0.25, 0.3) is 0 Å². The Morgan fingerprint density at radius 3 is 2.67 bits per heavy atom. The molecule has 7 nitrogen and oxygen atoms in total.